The zero-order chi connectivity index (χ0) is 19.4. The Kier molecular flexibility index (Phi) is 5.84. The van der Waals surface area contributed by atoms with Crippen molar-refractivity contribution in [1.29, 1.82) is 0 Å². The molecule has 6 heteroatoms. The fourth-order valence-electron chi connectivity index (χ4n) is 3.26. The van der Waals surface area contributed by atoms with Gasteiger partial charge in [-0.15, -0.1) is 0 Å². The van der Waals surface area contributed by atoms with E-state index in [0.717, 1.165) is 6.42 Å². The van der Waals surface area contributed by atoms with Crippen LogP contribution in [-0.4, -0.2) is 42.8 Å². The highest BCUT2D eigenvalue weighted by Gasteiger charge is 2.24. The number of ketones is 1. The Balaban J connectivity index is 1.65. The average molecular weight is 372 g/mol. The quantitative estimate of drug-likeness (QED) is 0.747. The second-order valence-electron chi connectivity index (χ2n) is 6.63. The predicted molar refractivity (Wildman–Crippen MR) is 100 cm³/mol. The topological polar surface area (TPSA) is 40.6 Å². The second kappa shape index (κ2) is 8.29. The molecule has 0 aliphatic carbocycles. The summed E-state index contributed by atoms with van der Waals surface area (Å²) >= 11 is 0. The molecule has 1 aliphatic heterocycles. The lowest BCUT2D eigenvalue weighted by molar-refractivity contribution is 0.0746. The Labute approximate surface area is 157 Å². The zero-order valence-electron chi connectivity index (χ0n) is 15.3. The van der Waals surface area contributed by atoms with E-state index >= 15 is 0 Å². The van der Waals surface area contributed by atoms with E-state index in [9.17, 15) is 18.4 Å². The Morgan fingerprint density at radius 3 is 2.33 bits per heavy atom. The standard InChI is InChI=1S/C21H22F2N2O2/c1-2-4-20(26)15-7-8-19(18(23)14-15)24-9-11-25(12-10-24)21(27)16-5-3-6-17(22)13-16/h3,5-8,13-14H,2,4,9-12H2,1H3. The zero-order valence-corrected chi connectivity index (χ0v) is 15.3. The number of Topliss-reactive ketones (excluding diaryl/α,β-unsaturated/α-hetero) is 1. The van der Waals surface area contributed by atoms with Gasteiger partial charge in [-0.25, -0.2) is 8.78 Å². The first-order valence-corrected chi connectivity index (χ1v) is 9.12. The van der Waals surface area contributed by atoms with E-state index in [2.05, 4.69) is 0 Å². The first kappa shape index (κ1) is 19.0. The van der Waals surface area contributed by atoms with E-state index in [4.69, 9.17) is 0 Å². The van der Waals surface area contributed by atoms with Gasteiger partial charge < -0.3 is 9.80 Å². The van der Waals surface area contributed by atoms with Crippen LogP contribution in [-0.2, 0) is 0 Å². The van der Waals surface area contributed by atoms with E-state index in [1.165, 1.54) is 24.3 Å². The van der Waals surface area contributed by atoms with Gasteiger partial charge >= 0.3 is 0 Å². The van der Waals surface area contributed by atoms with Gasteiger partial charge in [0.25, 0.3) is 5.91 Å². The molecular formula is C21H22F2N2O2. The number of anilines is 1. The third kappa shape index (κ3) is 4.32. The largest absolute Gasteiger partial charge is 0.366 e. The van der Waals surface area contributed by atoms with Gasteiger partial charge in [0, 0.05) is 43.7 Å². The molecule has 0 radical (unpaired) electrons. The molecule has 0 atom stereocenters. The van der Waals surface area contributed by atoms with Gasteiger partial charge in [-0.1, -0.05) is 13.0 Å². The summed E-state index contributed by atoms with van der Waals surface area (Å²) in [5.41, 5.74) is 1.13. The molecule has 27 heavy (non-hydrogen) atoms. The van der Waals surface area contributed by atoms with E-state index < -0.39 is 11.6 Å². The van der Waals surface area contributed by atoms with Gasteiger partial charge in [0.2, 0.25) is 0 Å². The van der Waals surface area contributed by atoms with Crippen molar-refractivity contribution in [3.63, 3.8) is 0 Å². The number of carbonyl (C=O) groups excluding carboxylic acids is 2. The van der Waals surface area contributed by atoms with E-state index in [0.29, 0.717) is 49.4 Å². The minimum absolute atomic E-state index is 0.0616. The van der Waals surface area contributed by atoms with Crippen molar-refractivity contribution in [2.75, 3.05) is 31.1 Å². The number of rotatable bonds is 5. The lowest BCUT2D eigenvalue weighted by atomic mass is 10.1. The van der Waals surface area contributed by atoms with Crippen molar-refractivity contribution in [1.82, 2.24) is 4.90 Å². The molecule has 142 valence electrons. The summed E-state index contributed by atoms with van der Waals surface area (Å²) in [7, 11) is 0. The summed E-state index contributed by atoms with van der Waals surface area (Å²) in [5.74, 6) is -1.16. The molecule has 1 heterocycles. The van der Waals surface area contributed by atoms with Crippen LogP contribution in [0.4, 0.5) is 14.5 Å². The number of hydrogen-bond donors (Lipinski definition) is 0. The van der Waals surface area contributed by atoms with Crippen LogP contribution in [0.5, 0.6) is 0 Å². The molecule has 2 aromatic carbocycles. The van der Waals surface area contributed by atoms with Crippen molar-refractivity contribution in [3.05, 3.63) is 65.2 Å². The maximum atomic E-state index is 14.5. The van der Waals surface area contributed by atoms with Gasteiger partial charge in [-0.2, -0.15) is 0 Å². The van der Waals surface area contributed by atoms with Crippen molar-refractivity contribution in [2.24, 2.45) is 0 Å². The molecule has 1 fully saturated rings. The minimum Gasteiger partial charge on any atom is -0.366 e. The Hall–Kier alpha value is -2.76. The van der Waals surface area contributed by atoms with Crippen LogP contribution in [0, 0.1) is 11.6 Å². The first-order valence-electron chi connectivity index (χ1n) is 9.12. The molecule has 0 N–H and O–H groups in total. The first-order chi connectivity index (χ1) is 13.0. The Morgan fingerprint density at radius 2 is 1.70 bits per heavy atom. The maximum Gasteiger partial charge on any atom is 0.254 e. The lowest BCUT2D eigenvalue weighted by Gasteiger charge is -2.36. The van der Waals surface area contributed by atoms with E-state index in [1.807, 2.05) is 11.8 Å². The highest BCUT2D eigenvalue weighted by atomic mass is 19.1. The highest BCUT2D eigenvalue weighted by molar-refractivity contribution is 5.96. The normalized spacial score (nSPS) is 14.3. The van der Waals surface area contributed by atoms with Gasteiger partial charge in [0.1, 0.15) is 11.6 Å². The van der Waals surface area contributed by atoms with Crippen LogP contribution in [0.15, 0.2) is 42.5 Å². The molecule has 0 unspecified atom stereocenters. The number of carbonyl (C=O) groups is 2. The van der Waals surface area contributed by atoms with Gasteiger partial charge in [0.15, 0.2) is 5.78 Å². The number of benzene rings is 2. The molecule has 1 amide bonds. The highest BCUT2D eigenvalue weighted by Crippen LogP contribution is 2.23. The molecule has 2 aromatic rings. The summed E-state index contributed by atoms with van der Waals surface area (Å²) in [5, 5.41) is 0. The van der Waals surface area contributed by atoms with Crippen LogP contribution in [0.25, 0.3) is 0 Å². The Morgan fingerprint density at radius 1 is 0.963 bits per heavy atom. The molecule has 0 spiro atoms. The third-order valence-electron chi connectivity index (χ3n) is 4.73. The molecular weight excluding hydrogens is 350 g/mol. The molecule has 0 aromatic heterocycles. The van der Waals surface area contributed by atoms with Crippen molar-refractivity contribution < 1.29 is 18.4 Å². The molecule has 3 rings (SSSR count). The van der Waals surface area contributed by atoms with Crippen molar-refractivity contribution in [2.45, 2.75) is 19.8 Å². The van der Waals surface area contributed by atoms with Crippen LogP contribution < -0.4 is 4.90 Å². The van der Waals surface area contributed by atoms with E-state index in [1.54, 1.807) is 23.1 Å². The number of piperazine rings is 1. The summed E-state index contributed by atoms with van der Waals surface area (Å²) in [6.07, 6.45) is 1.13. The second-order valence-corrected chi connectivity index (χ2v) is 6.63. The third-order valence-corrected chi connectivity index (χ3v) is 4.73. The molecule has 1 aliphatic rings. The monoisotopic (exact) mass is 372 g/mol. The summed E-state index contributed by atoms with van der Waals surface area (Å²) in [4.78, 5) is 27.9. The van der Waals surface area contributed by atoms with Crippen LogP contribution in [0.3, 0.4) is 0 Å². The smallest absolute Gasteiger partial charge is 0.254 e. The fraction of sp³-hybridized carbons (Fsp3) is 0.333. The number of amides is 1. The van der Waals surface area contributed by atoms with Crippen LogP contribution in [0.2, 0.25) is 0 Å². The van der Waals surface area contributed by atoms with Crippen LogP contribution in [0.1, 0.15) is 40.5 Å². The fourth-order valence-corrected chi connectivity index (χ4v) is 3.26. The van der Waals surface area contributed by atoms with Gasteiger partial charge in [0.05, 0.1) is 5.69 Å². The number of nitrogens with zero attached hydrogens (tertiary/aromatic N) is 2. The maximum absolute atomic E-state index is 14.5. The average Bonchev–Trinajstić information content (AvgIpc) is 2.68. The molecule has 0 bridgehead atoms. The van der Waals surface area contributed by atoms with Crippen LogP contribution >= 0.6 is 0 Å². The SMILES string of the molecule is CCCC(=O)c1ccc(N2CCN(C(=O)c3cccc(F)c3)CC2)c(F)c1. The lowest BCUT2D eigenvalue weighted by Crippen LogP contribution is -2.49. The summed E-state index contributed by atoms with van der Waals surface area (Å²) in [6.45, 7) is 3.70. The number of hydrogen-bond acceptors (Lipinski definition) is 3. The van der Waals surface area contributed by atoms with Crippen molar-refractivity contribution >= 4 is 17.4 Å². The number of halogens is 2. The molecule has 4 nitrogen and oxygen atoms in total. The van der Waals surface area contributed by atoms with Gasteiger partial charge in [-0.05, 0) is 42.8 Å². The van der Waals surface area contributed by atoms with E-state index in [-0.39, 0.29) is 11.7 Å². The predicted octanol–water partition coefficient (Wildman–Crippen LogP) is 3.91. The minimum atomic E-state index is -0.445. The van der Waals surface area contributed by atoms with Gasteiger partial charge in [-0.3, -0.25) is 9.59 Å². The summed E-state index contributed by atoms with van der Waals surface area (Å²) < 4.78 is 27.8. The molecule has 1 saturated heterocycles. The summed E-state index contributed by atoms with van der Waals surface area (Å²) in [6, 6.07) is 10.2. The molecule has 0 saturated carbocycles. The van der Waals surface area contributed by atoms with Crippen molar-refractivity contribution in [3.8, 4) is 0 Å². The Bertz CT molecular complexity index is 846.